The monoisotopic (exact) mass is 248 g/mol. The van der Waals surface area contributed by atoms with E-state index in [0.29, 0.717) is 24.3 Å². The van der Waals surface area contributed by atoms with Crippen LogP contribution in [-0.4, -0.2) is 53.3 Å². The van der Waals surface area contributed by atoms with E-state index in [2.05, 4.69) is 4.98 Å². The van der Waals surface area contributed by atoms with E-state index in [1.54, 1.807) is 18.0 Å². The average molecular weight is 248 g/mol. The fourth-order valence-electron chi connectivity index (χ4n) is 1.93. The van der Waals surface area contributed by atoms with Crippen molar-refractivity contribution in [3.8, 4) is 0 Å². The van der Waals surface area contributed by atoms with Crippen molar-refractivity contribution >= 4 is 17.5 Å². The standard InChI is InChI=1S/C12H16N4O2/c1-15-5-2-6-16(8-11(15)17)12(18)9-3-4-14-7-10(9)13/h3-4,7H,2,5-6,8,13H2,1H3. The summed E-state index contributed by atoms with van der Waals surface area (Å²) in [6, 6.07) is 1.58. The zero-order valence-corrected chi connectivity index (χ0v) is 10.3. The molecule has 1 aromatic heterocycles. The van der Waals surface area contributed by atoms with Crippen LogP contribution in [0.3, 0.4) is 0 Å². The fourth-order valence-corrected chi connectivity index (χ4v) is 1.93. The Morgan fingerprint density at radius 1 is 1.44 bits per heavy atom. The van der Waals surface area contributed by atoms with E-state index in [1.165, 1.54) is 17.3 Å². The molecule has 0 radical (unpaired) electrons. The third-order valence-electron chi connectivity index (χ3n) is 3.04. The molecule has 1 aliphatic heterocycles. The number of nitrogen functional groups attached to an aromatic ring is 1. The van der Waals surface area contributed by atoms with Crippen LogP contribution in [0.15, 0.2) is 18.5 Å². The molecule has 0 aliphatic carbocycles. The summed E-state index contributed by atoms with van der Waals surface area (Å²) in [6.45, 7) is 1.35. The molecule has 0 atom stereocenters. The van der Waals surface area contributed by atoms with E-state index in [-0.39, 0.29) is 18.4 Å². The second-order valence-corrected chi connectivity index (χ2v) is 4.36. The summed E-state index contributed by atoms with van der Waals surface area (Å²) in [7, 11) is 1.75. The quantitative estimate of drug-likeness (QED) is 0.756. The lowest BCUT2D eigenvalue weighted by Gasteiger charge is -2.20. The van der Waals surface area contributed by atoms with Gasteiger partial charge in [-0.25, -0.2) is 0 Å². The summed E-state index contributed by atoms with van der Waals surface area (Å²) in [5, 5.41) is 0. The molecule has 6 heteroatoms. The molecule has 1 saturated heterocycles. The molecule has 18 heavy (non-hydrogen) atoms. The van der Waals surface area contributed by atoms with Gasteiger partial charge in [-0.05, 0) is 12.5 Å². The number of hydrogen-bond donors (Lipinski definition) is 1. The number of likely N-dealkylation sites (N-methyl/N-ethyl adjacent to an activating group) is 1. The van der Waals surface area contributed by atoms with Crippen LogP contribution in [0.5, 0.6) is 0 Å². The summed E-state index contributed by atoms with van der Waals surface area (Å²) in [5.41, 5.74) is 6.47. The number of pyridine rings is 1. The number of nitrogens with zero attached hydrogens (tertiary/aromatic N) is 3. The van der Waals surface area contributed by atoms with Crippen LogP contribution >= 0.6 is 0 Å². The van der Waals surface area contributed by atoms with Crippen LogP contribution in [0, 0.1) is 0 Å². The van der Waals surface area contributed by atoms with E-state index in [0.717, 1.165) is 6.42 Å². The molecule has 2 N–H and O–H groups in total. The smallest absolute Gasteiger partial charge is 0.256 e. The topological polar surface area (TPSA) is 79.5 Å². The summed E-state index contributed by atoms with van der Waals surface area (Å²) in [6.07, 6.45) is 3.74. The number of amides is 2. The third kappa shape index (κ3) is 2.42. The Morgan fingerprint density at radius 2 is 2.22 bits per heavy atom. The summed E-state index contributed by atoms with van der Waals surface area (Å²) in [5.74, 6) is -0.257. The number of carbonyl (C=O) groups is 2. The van der Waals surface area contributed by atoms with Gasteiger partial charge in [0.2, 0.25) is 5.91 Å². The van der Waals surface area contributed by atoms with Crippen molar-refractivity contribution in [2.24, 2.45) is 0 Å². The molecule has 1 fully saturated rings. The summed E-state index contributed by atoms with van der Waals surface area (Å²) >= 11 is 0. The molecule has 6 nitrogen and oxygen atoms in total. The lowest BCUT2D eigenvalue weighted by Crippen LogP contribution is -2.38. The maximum Gasteiger partial charge on any atom is 0.256 e. The van der Waals surface area contributed by atoms with E-state index in [9.17, 15) is 9.59 Å². The van der Waals surface area contributed by atoms with Crippen LogP contribution in [0.2, 0.25) is 0 Å². The zero-order chi connectivity index (χ0) is 13.1. The van der Waals surface area contributed by atoms with E-state index in [1.807, 2.05) is 0 Å². The first-order valence-corrected chi connectivity index (χ1v) is 5.82. The molecule has 0 saturated carbocycles. The van der Waals surface area contributed by atoms with Crippen molar-refractivity contribution in [2.45, 2.75) is 6.42 Å². The second kappa shape index (κ2) is 5.03. The maximum absolute atomic E-state index is 12.3. The molecule has 96 valence electrons. The van der Waals surface area contributed by atoms with Crippen LogP contribution < -0.4 is 5.73 Å². The Morgan fingerprint density at radius 3 is 2.94 bits per heavy atom. The van der Waals surface area contributed by atoms with Gasteiger partial charge in [0.25, 0.3) is 5.91 Å². The Bertz CT molecular complexity index is 475. The molecule has 2 heterocycles. The summed E-state index contributed by atoms with van der Waals surface area (Å²) in [4.78, 5) is 31.0. The van der Waals surface area contributed by atoms with Gasteiger partial charge in [-0.1, -0.05) is 0 Å². The number of rotatable bonds is 1. The number of carbonyl (C=O) groups excluding carboxylic acids is 2. The molecule has 1 aromatic rings. The lowest BCUT2D eigenvalue weighted by molar-refractivity contribution is -0.129. The largest absolute Gasteiger partial charge is 0.397 e. The minimum atomic E-state index is -0.210. The molecule has 0 unspecified atom stereocenters. The highest BCUT2D eigenvalue weighted by molar-refractivity contribution is 6.00. The van der Waals surface area contributed by atoms with Crippen molar-refractivity contribution in [3.63, 3.8) is 0 Å². The number of hydrogen-bond acceptors (Lipinski definition) is 4. The Labute approximate surface area is 105 Å². The first kappa shape index (κ1) is 12.3. The van der Waals surface area contributed by atoms with E-state index >= 15 is 0 Å². The van der Waals surface area contributed by atoms with Crippen molar-refractivity contribution < 1.29 is 9.59 Å². The minimum Gasteiger partial charge on any atom is -0.397 e. The Balaban J connectivity index is 2.19. The van der Waals surface area contributed by atoms with Crippen LogP contribution in [0.4, 0.5) is 5.69 Å². The van der Waals surface area contributed by atoms with Crippen molar-refractivity contribution in [1.29, 1.82) is 0 Å². The van der Waals surface area contributed by atoms with Gasteiger partial charge in [0.15, 0.2) is 0 Å². The van der Waals surface area contributed by atoms with E-state index in [4.69, 9.17) is 5.73 Å². The number of anilines is 1. The predicted octanol–water partition coefficient (Wildman–Crippen LogP) is -0.0319. The highest BCUT2D eigenvalue weighted by Gasteiger charge is 2.24. The first-order chi connectivity index (χ1) is 8.59. The van der Waals surface area contributed by atoms with Crippen molar-refractivity contribution in [2.75, 3.05) is 32.4 Å². The highest BCUT2D eigenvalue weighted by atomic mass is 16.2. The van der Waals surface area contributed by atoms with Crippen LogP contribution in [0.25, 0.3) is 0 Å². The molecule has 2 amide bonds. The van der Waals surface area contributed by atoms with Gasteiger partial charge < -0.3 is 15.5 Å². The third-order valence-corrected chi connectivity index (χ3v) is 3.04. The lowest BCUT2D eigenvalue weighted by atomic mass is 10.2. The van der Waals surface area contributed by atoms with Gasteiger partial charge in [-0.2, -0.15) is 0 Å². The molecule has 2 rings (SSSR count). The van der Waals surface area contributed by atoms with Gasteiger partial charge in [0.1, 0.15) is 6.54 Å². The molecule has 0 spiro atoms. The molecule has 0 bridgehead atoms. The van der Waals surface area contributed by atoms with Gasteiger partial charge in [0, 0.05) is 26.3 Å². The predicted molar refractivity (Wildman–Crippen MR) is 66.8 cm³/mol. The molecule has 0 aromatic carbocycles. The Hall–Kier alpha value is -2.11. The molecular formula is C12H16N4O2. The SMILES string of the molecule is CN1CCCN(C(=O)c2ccncc2N)CC1=O. The zero-order valence-electron chi connectivity index (χ0n) is 10.3. The fraction of sp³-hybridized carbons (Fsp3) is 0.417. The van der Waals surface area contributed by atoms with Gasteiger partial charge in [-0.3, -0.25) is 14.6 Å². The second-order valence-electron chi connectivity index (χ2n) is 4.36. The number of nitrogens with two attached hydrogens (primary N) is 1. The van der Waals surface area contributed by atoms with Gasteiger partial charge in [0.05, 0.1) is 17.4 Å². The van der Waals surface area contributed by atoms with Crippen LogP contribution in [-0.2, 0) is 4.79 Å². The van der Waals surface area contributed by atoms with E-state index < -0.39 is 0 Å². The highest BCUT2D eigenvalue weighted by Crippen LogP contribution is 2.14. The normalized spacial score (nSPS) is 16.6. The number of aromatic nitrogens is 1. The maximum atomic E-state index is 12.3. The van der Waals surface area contributed by atoms with Crippen molar-refractivity contribution in [1.82, 2.24) is 14.8 Å². The van der Waals surface area contributed by atoms with Gasteiger partial charge >= 0.3 is 0 Å². The Kier molecular flexibility index (Phi) is 3.45. The van der Waals surface area contributed by atoms with Crippen LogP contribution in [0.1, 0.15) is 16.8 Å². The first-order valence-electron chi connectivity index (χ1n) is 5.82. The summed E-state index contributed by atoms with van der Waals surface area (Å²) < 4.78 is 0. The molecule has 1 aliphatic rings. The molecular weight excluding hydrogens is 232 g/mol. The van der Waals surface area contributed by atoms with Gasteiger partial charge in [-0.15, -0.1) is 0 Å². The average Bonchev–Trinajstić information content (AvgIpc) is 2.52. The van der Waals surface area contributed by atoms with Crippen molar-refractivity contribution in [3.05, 3.63) is 24.0 Å². The minimum absolute atomic E-state index is 0.0477.